The van der Waals surface area contributed by atoms with Gasteiger partial charge in [-0.1, -0.05) is 18.2 Å². The van der Waals surface area contributed by atoms with E-state index in [4.69, 9.17) is 4.98 Å². The molecule has 5 aromatic rings. The molecule has 2 aromatic heterocycles. The maximum absolute atomic E-state index is 12.6. The van der Waals surface area contributed by atoms with E-state index in [9.17, 15) is 4.79 Å². The third-order valence-electron chi connectivity index (χ3n) is 4.46. The number of carbonyl (C=O) groups excluding carboxylic acids is 1. The highest BCUT2D eigenvalue weighted by molar-refractivity contribution is 14.1. The summed E-state index contributed by atoms with van der Waals surface area (Å²) in [6.45, 7) is 0. The summed E-state index contributed by atoms with van der Waals surface area (Å²) >= 11 is 2.23. The smallest absolute Gasteiger partial charge is 0.255 e. The third kappa shape index (κ3) is 2.91. The SMILES string of the molecule is O=C(Nc1ccc(I)cc1)c1ccc2nc3[nH]c4ccccc4c3nc2c1. The van der Waals surface area contributed by atoms with Crippen molar-refractivity contribution in [2.24, 2.45) is 0 Å². The maximum atomic E-state index is 12.6. The van der Waals surface area contributed by atoms with Crippen LogP contribution < -0.4 is 5.32 Å². The Hall–Kier alpha value is -3.00. The lowest BCUT2D eigenvalue weighted by Crippen LogP contribution is -2.11. The molecule has 0 aliphatic heterocycles. The van der Waals surface area contributed by atoms with E-state index in [2.05, 4.69) is 37.9 Å². The molecule has 5 rings (SSSR count). The number of amides is 1. The number of fused-ring (bicyclic) bond motifs is 4. The molecule has 0 atom stereocenters. The molecule has 130 valence electrons. The Balaban J connectivity index is 1.57. The lowest BCUT2D eigenvalue weighted by molar-refractivity contribution is 0.102. The number of rotatable bonds is 2. The van der Waals surface area contributed by atoms with Crippen LogP contribution in [0.3, 0.4) is 0 Å². The van der Waals surface area contributed by atoms with Gasteiger partial charge in [0.25, 0.3) is 5.91 Å². The predicted molar refractivity (Wildman–Crippen MR) is 116 cm³/mol. The molecule has 5 nitrogen and oxygen atoms in total. The molecular formula is C21H13IN4O. The molecule has 0 fully saturated rings. The van der Waals surface area contributed by atoms with Crippen LogP contribution in [0.4, 0.5) is 5.69 Å². The van der Waals surface area contributed by atoms with Crippen molar-refractivity contribution in [3.05, 3.63) is 75.9 Å². The van der Waals surface area contributed by atoms with Gasteiger partial charge in [0.15, 0.2) is 5.65 Å². The van der Waals surface area contributed by atoms with E-state index < -0.39 is 0 Å². The fraction of sp³-hybridized carbons (Fsp3) is 0. The van der Waals surface area contributed by atoms with Crippen molar-refractivity contribution in [3.8, 4) is 0 Å². The zero-order valence-corrected chi connectivity index (χ0v) is 16.2. The predicted octanol–water partition coefficient (Wildman–Crippen LogP) is 5.12. The highest BCUT2D eigenvalue weighted by Crippen LogP contribution is 2.25. The number of aromatic amines is 1. The van der Waals surface area contributed by atoms with Crippen molar-refractivity contribution in [2.45, 2.75) is 0 Å². The Kier molecular flexibility index (Phi) is 3.78. The molecule has 2 N–H and O–H groups in total. The summed E-state index contributed by atoms with van der Waals surface area (Å²) in [5.74, 6) is -0.168. The van der Waals surface area contributed by atoms with E-state index >= 15 is 0 Å². The summed E-state index contributed by atoms with van der Waals surface area (Å²) in [6, 6.07) is 21.0. The van der Waals surface area contributed by atoms with E-state index in [0.29, 0.717) is 11.1 Å². The van der Waals surface area contributed by atoms with Crippen molar-refractivity contribution >= 4 is 67.3 Å². The zero-order chi connectivity index (χ0) is 18.4. The first-order chi connectivity index (χ1) is 13.2. The van der Waals surface area contributed by atoms with Gasteiger partial charge in [-0.3, -0.25) is 4.79 Å². The lowest BCUT2D eigenvalue weighted by atomic mass is 10.1. The van der Waals surface area contributed by atoms with Gasteiger partial charge in [0.1, 0.15) is 5.52 Å². The molecule has 0 aliphatic rings. The van der Waals surface area contributed by atoms with Gasteiger partial charge in [-0.05, 0) is 71.1 Å². The molecule has 0 saturated heterocycles. The molecule has 6 heteroatoms. The number of para-hydroxylation sites is 1. The first-order valence-electron chi connectivity index (χ1n) is 8.42. The van der Waals surface area contributed by atoms with Gasteiger partial charge in [0.2, 0.25) is 0 Å². The second kappa shape index (κ2) is 6.31. The van der Waals surface area contributed by atoms with Gasteiger partial charge in [-0.2, -0.15) is 0 Å². The number of nitrogens with zero attached hydrogens (tertiary/aromatic N) is 2. The Labute approximate surface area is 168 Å². The van der Waals surface area contributed by atoms with Crippen LogP contribution in [-0.4, -0.2) is 20.9 Å². The summed E-state index contributed by atoms with van der Waals surface area (Å²) in [5.41, 5.74) is 5.32. The maximum Gasteiger partial charge on any atom is 0.255 e. The van der Waals surface area contributed by atoms with Gasteiger partial charge >= 0.3 is 0 Å². The van der Waals surface area contributed by atoms with Crippen LogP contribution in [0.25, 0.3) is 33.1 Å². The Morgan fingerprint density at radius 1 is 0.926 bits per heavy atom. The number of halogens is 1. The largest absolute Gasteiger partial charge is 0.338 e. The molecule has 0 bridgehead atoms. The number of carbonyl (C=O) groups is 1. The summed E-state index contributed by atoms with van der Waals surface area (Å²) in [7, 11) is 0. The average Bonchev–Trinajstić information content (AvgIpc) is 3.05. The van der Waals surface area contributed by atoms with Gasteiger partial charge in [-0.25, -0.2) is 9.97 Å². The van der Waals surface area contributed by atoms with Crippen LogP contribution in [0.2, 0.25) is 0 Å². The molecule has 1 amide bonds. The number of benzene rings is 3. The van der Waals surface area contributed by atoms with E-state index in [-0.39, 0.29) is 5.91 Å². The number of hydrogen-bond acceptors (Lipinski definition) is 3. The van der Waals surface area contributed by atoms with Crippen LogP contribution >= 0.6 is 22.6 Å². The van der Waals surface area contributed by atoms with Gasteiger partial charge in [0.05, 0.1) is 11.0 Å². The molecule has 3 aromatic carbocycles. The third-order valence-corrected chi connectivity index (χ3v) is 5.18. The van der Waals surface area contributed by atoms with Crippen LogP contribution in [0.1, 0.15) is 10.4 Å². The quantitative estimate of drug-likeness (QED) is 0.357. The van der Waals surface area contributed by atoms with E-state index in [1.807, 2.05) is 54.6 Å². The fourth-order valence-corrected chi connectivity index (χ4v) is 3.49. The summed E-state index contributed by atoms with van der Waals surface area (Å²) < 4.78 is 1.12. The monoisotopic (exact) mass is 464 g/mol. The number of aromatic nitrogens is 3. The minimum atomic E-state index is -0.168. The summed E-state index contributed by atoms with van der Waals surface area (Å²) in [4.78, 5) is 25.3. The van der Waals surface area contributed by atoms with Crippen LogP contribution in [0.15, 0.2) is 66.7 Å². The van der Waals surface area contributed by atoms with Crippen LogP contribution in [0, 0.1) is 3.57 Å². The van der Waals surface area contributed by atoms with Crippen molar-refractivity contribution in [1.29, 1.82) is 0 Å². The first-order valence-corrected chi connectivity index (χ1v) is 9.50. The Bertz CT molecular complexity index is 1330. The molecule has 27 heavy (non-hydrogen) atoms. The summed E-state index contributed by atoms with van der Waals surface area (Å²) in [5, 5.41) is 3.94. The number of hydrogen-bond donors (Lipinski definition) is 2. The Morgan fingerprint density at radius 3 is 2.59 bits per heavy atom. The molecule has 2 heterocycles. The first kappa shape index (κ1) is 16.2. The molecule has 0 saturated carbocycles. The van der Waals surface area contributed by atoms with Crippen LogP contribution in [0.5, 0.6) is 0 Å². The van der Waals surface area contributed by atoms with Gasteiger partial charge in [0, 0.05) is 25.7 Å². The normalized spacial score (nSPS) is 11.3. The number of nitrogens with one attached hydrogen (secondary N) is 2. The van der Waals surface area contributed by atoms with Gasteiger partial charge < -0.3 is 10.3 Å². The summed E-state index contributed by atoms with van der Waals surface area (Å²) in [6.07, 6.45) is 0. The molecule has 0 radical (unpaired) electrons. The number of anilines is 1. The molecule has 0 unspecified atom stereocenters. The average molecular weight is 464 g/mol. The second-order valence-electron chi connectivity index (χ2n) is 6.26. The molecular weight excluding hydrogens is 451 g/mol. The van der Waals surface area contributed by atoms with E-state index in [0.717, 1.165) is 36.8 Å². The van der Waals surface area contributed by atoms with E-state index in [1.165, 1.54) is 0 Å². The van der Waals surface area contributed by atoms with Gasteiger partial charge in [-0.15, -0.1) is 0 Å². The fourth-order valence-electron chi connectivity index (χ4n) is 3.13. The standard InChI is InChI=1S/C21H13IN4O/c22-13-6-8-14(9-7-13)23-21(27)12-5-10-17-18(11-12)24-19-15-3-1-2-4-16(15)25-20(19)26-17/h1-11H,(H,23,27)(H,25,26). The minimum Gasteiger partial charge on any atom is -0.338 e. The lowest BCUT2D eigenvalue weighted by Gasteiger charge is -2.06. The van der Waals surface area contributed by atoms with E-state index in [1.54, 1.807) is 12.1 Å². The Morgan fingerprint density at radius 2 is 1.74 bits per heavy atom. The highest BCUT2D eigenvalue weighted by Gasteiger charge is 2.11. The topological polar surface area (TPSA) is 70.7 Å². The minimum absolute atomic E-state index is 0.168. The van der Waals surface area contributed by atoms with Crippen molar-refractivity contribution in [3.63, 3.8) is 0 Å². The molecule has 0 aliphatic carbocycles. The van der Waals surface area contributed by atoms with Crippen molar-refractivity contribution < 1.29 is 4.79 Å². The number of H-pyrrole nitrogens is 1. The second-order valence-corrected chi connectivity index (χ2v) is 7.50. The van der Waals surface area contributed by atoms with Crippen molar-refractivity contribution in [2.75, 3.05) is 5.32 Å². The van der Waals surface area contributed by atoms with Crippen molar-refractivity contribution in [1.82, 2.24) is 15.0 Å². The van der Waals surface area contributed by atoms with Crippen LogP contribution in [-0.2, 0) is 0 Å². The zero-order valence-electron chi connectivity index (χ0n) is 14.0. The molecule has 0 spiro atoms. The highest BCUT2D eigenvalue weighted by atomic mass is 127.